The fourth-order valence-corrected chi connectivity index (χ4v) is 3.28. The Bertz CT molecular complexity index is 555. The van der Waals surface area contributed by atoms with Gasteiger partial charge in [0.1, 0.15) is 0 Å². The summed E-state index contributed by atoms with van der Waals surface area (Å²) in [6, 6.07) is 4.48. The lowest BCUT2D eigenvalue weighted by molar-refractivity contribution is 0.116. The van der Waals surface area contributed by atoms with E-state index >= 15 is 0 Å². The second kappa shape index (κ2) is 7.89. The first-order valence-corrected chi connectivity index (χ1v) is 8.60. The molecule has 0 amide bonds. The van der Waals surface area contributed by atoms with Gasteiger partial charge in [-0.2, -0.15) is 0 Å². The predicted octanol–water partition coefficient (Wildman–Crippen LogP) is 1.83. The van der Waals surface area contributed by atoms with Crippen LogP contribution in [0.4, 0.5) is 0 Å². The summed E-state index contributed by atoms with van der Waals surface area (Å²) in [5, 5.41) is 9.26. The summed E-state index contributed by atoms with van der Waals surface area (Å²) >= 11 is 0. The molecule has 0 aliphatic rings. The third-order valence-corrected chi connectivity index (χ3v) is 4.90. The fraction of sp³-hybridized carbons (Fsp3) is 0.600. The van der Waals surface area contributed by atoms with Crippen LogP contribution in [0.1, 0.15) is 31.9 Å². The molecule has 0 saturated carbocycles. The number of aryl methyl sites for hydroxylation is 1. The number of benzene rings is 1. The van der Waals surface area contributed by atoms with Crippen molar-refractivity contribution >= 4 is 10.0 Å². The zero-order valence-electron chi connectivity index (χ0n) is 13.1. The molecule has 0 bridgehead atoms. The number of sulfonamides is 1. The molecule has 0 radical (unpaired) electrons. The Hall–Kier alpha value is -0.950. The lowest BCUT2D eigenvalue weighted by Gasteiger charge is -2.22. The average Bonchev–Trinajstić information content (AvgIpc) is 2.43. The van der Waals surface area contributed by atoms with Crippen LogP contribution in [0.5, 0.6) is 0 Å². The van der Waals surface area contributed by atoms with Gasteiger partial charge in [-0.25, -0.2) is 13.1 Å². The quantitative estimate of drug-likeness (QED) is 0.767. The van der Waals surface area contributed by atoms with Gasteiger partial charge >= 0.3 is 0 Å². The summed E-state index contributed by atoms with van der Waals surface area (Å²) in [7, 11) is -3.63. The first-order valence-electron chi connectivity index (χ1n) is 7.12. The van der Waals surface area contributed by atoms with Crippen molar-refractivity contribution in [1.82, 2.24) is 4.72 Å². The Morgan fingerprint density at radius 3 is 2.52 bits per heavy atom. The smallest absolute Gasteiger partial charge is 0.240 e. The second-order valence-electron chi connectivity index (χ2n) is 5.38. The van der Waals surface area contributed by atoms with Crippen LogP contribution in [0, 0.1) is 12.8 Å². The van der Waals surface area contributed by atoms with E-state index < -0.39 is 10.0 Å². The van der Waals surface area contributed by atoms with E-state index in [1.54, 1.807) is 12.1 Å². The molecular formula is C15H25NO4S. The van der Waals surface area contributed by atoms with Crippen molar-refractivity contribution < 1.29 is 18.3 Å². The van der Waals surface area contributed by atoms with Crippen LogP contribution in [0.15, 0.2) is 23.1 Å². The van der Waals surface area contributed by atoms with Gasteiger partial charge in [-0.1, -0.05) is 19.9 Å². The molecule has 0 spiro atoms. The number of aliphatic hydroxyl groups is 1. The first kappa shape index (κ1) is 18.1. The average molecular weight is 315 g/mol. The van der Waals surface area contributed by atoms with Crippen molar-refractivity contribution in [2.75, 3.05) is 13.2 Å². The Kier molecular flexibility index (Phi) is 6.80. The summed E-state index contributed by atoms with van der Waals surface area (Å²) in [5.74, 6) is 0.120. The molecule has 0 saturated heterocycles. The molecule has 120 valence electrons. The zero-order valence-corrected chi connectivity index (χ0v) is 13.9. The van der Waals surface area contributed by atoms with Crippen molar-refractivity contribution in [1.29, 1.82) is 0 Å². The highest BCUT2D eigenvalue weighted by Crippen LogP contribution is 2.17. The summed E-state index contributed by atoms with van der Waals surface area (Å²) in [6.07, 6.45) is 0. The molecule has 21 heavy (non-hydrogen) atoms. The molecule has 1 aromatic rings. The Morgan fingerprint density at radius 1 is 1.33 bits per heavy atom. The van der Waals surface area contributed by atoms with E-state index in [9.17, 15) is 13.5 Å². The Balaban J connectivity index is 2.98. The van der Waals surface area contributed by atoms with E-state index in [0.717, 1.165) is 5.56 Å². The second-order valence-corrected chi connectivity index (χ2v) is 7.09. The predicted molar refractivity (Wildman–Crippen MR) is 82.5 cm³/mol. The van der Waals surface area contributed by atoms with E-state index in [-0.39, 0.29) is 23.5 Å². The van der Waals surface area contributed by atoms with Crippen LogP contribution in [0.25, 0.3) is 0 Å². The summed E-state index contributed by atoms with van der Waals surface area (Å²) in [5.41, 5.74) is 1.48. The fourth-order valence-electron chi connectivity index (χ4n) is 1.86. The minimum Gasteiger partial charge on any atom is -0.392 e. The summed E-state index contributed by atoms with van der Waals surface area (Å²) < 4.78 is 32.9. The standard InChI is InChI=1S/C15H25NO4S/c1-5-20-10-15(11(2)3)16-21(18,19)14-7-6-12(4)13(8-14)9-17/h6-8,11,15-17H,5,9-10H2,1-4H3. The zero-order chi connectivity index (χ0) is 16.0. The molecule has 0 heterocycles. The monoisotopic (exact) mass is 315 g/mol. The van der Waals surface area contributed by atoms with Crippen LogP contribution in [0.2, 0.25) is 0 Å². The van der Waals surface area contributed by atoms with E-state index in [0.29, 0.717) is 18.8 Å². The summed E-state index contributed by atoms with van der Waals surface area (Å²) in [6.45, 7) is 8.31. The van der Waals surface area contributed by atoms with Crippen molar-refractivity contribution in [2.45, 2.75) is 45.2 Å². The normalized spacial score (nSPS) is 13.6. The highest BCUT2D eigenvalue weighted by Gasteiger charge is 2.23. The van der Waals surface area contributed by atoms with Gasteiger partial charge in [0.25, 0.3) is 0 Å². The Labute approximate surface area is 127 Å². The number of rotatable bonds is 8. The van der Waals surface area contributed by atoms with Gasteiger partial charge in [0.05, 0.1) is 18.1 Å². The van der Waals surface area contributed by atoms with Gasteiger partial charge in [0, 0.05) is 12.6 Å². The highest BCUT2D eigenvalue weighted by atomic mass is 32.2. The summed E-state index contributed by atoms with van der Waals surface area (Å²) in [4.78, 5) is 0.166. The van der Waals surface area contributed by atoms with E-state index in [4.69, 9.17) is 4.74 Å². The molecule has 5 nitrogen and oxygen atoms in total. The number of nitrogens with one attached hydrogen (secondary N) is 1. The van der Waals surface area contributed by atoms with Crippen LogP contribution in [-0.4, -0.2) is 32.8 Å². The van der Waals surface area contributed by atoms with E-state index in [1.807, 2.05) is 27.7 Å². The maximum atomic E-state index is 12.4. The SMILES string of the molecule is CCOCC(NS(=O)(=O)c1ccc(C)c(CO)c1)C(C)C. The molecule has 0 fully saturated rings. The van der Waals surface area contributed by atoms with Crippen LogP contribution >= 0.6 is 0 Å². The minimum absolute atomic E-state index is 0.120. The maximum Gasteiger partial charge on any atom is 0.240 e. The van der Waals surface area contributed by atoms with Gasteiger partial charge in [0.2, 0.25) is 10.0 Å². The van der Waals surface area contributed by atoms with E-state index in [1.165, 1.54) is 6.07 Å². The number of ether oxygens (including phenoxy) is 1. The third-order valence-electron chi connectivity index (χ3n) is 3.41. The first-order chi connectivity index (χ1) is 9.81. The molecule has 1 aromatic carbocycles. The lowest BCUT2D eigenvalue weighted by atomic mass is 10.1. The number of hydrogen-bond donors (Lipinski definition) is 2. The molecule has 1 rings (SSSR count). The van der Waals surface area contributed by atoms with Crippen LogP contribution < -0.4 is 4.72 Å². The molecular weight excluding hydrogens is 290 g/mol. The molecule has 0 aliphatic carbocycles. The minimum atomic E-state index is -3.63. The molecule has 2 N–H and O–H groups in total. The lowest BCUT2D eigenvalue weighted by Crippen LogP contribution is -2.41. The van der Waals surface area contributed by atoms with Crippen molar-refractivity contribution in [3.05, 3.63) is 29.3 Å². The van der Waals surface area contributed by atoms with Crippen LogP contribution in [-0.2, 0) is 21.4 Å². The molecule has 0 aliphatic heterocycles. The van der Waals surface area contributed by atoms with Gasteiger partial charge < -0.3 is 9.84 Å². The third kappa shape index (κ3) is 5.07. The van der Waals surface area contributed by atoms with Gasteiger partial charge in [-0.15, -0.1) is 0 Å². The topological polar surface area (TPSA) is 75.6 Å². The van der Waals surface area contributed by atoms with Crippen LogP contribution in [0.3, 0.4) is 0 Å². The maximum absolute atomic E-state index is 12.4. The number of aliphatic hydroxyl groups excluding tert-OH is 1. The van der Waals surface area contributed by atoms with Crippen molar-refractivity contribution in [2.24, 2.45) is 5.92 Å². The van der Waals surface area contributed by atoms with Crippen molar-refractivity contribution in [3.8, 4) is 0 Å². The van der Waals surface area contributed by atoms with Gasteiger partial charge in [-0.05, 0) is 43.0 Å². The molecule has 0 aromatic heterocycles. The van der Waals surface area contributed by atoms with Crippen molar-refractivity contribution in [3.63, 3.8) is 0 Å². The van der Waals surface area contributed by atoms with Gasteiger partial charge in [-0.3, -0.25) is 0 Å². The highest BCUT2D eigenvalue weighted by molar-refractivity contribution is 7.89. The van der Waals surface area contributed by atoms with Gasteiger partial charge in [0.15, 0.2) is 0 Å². The Morgan fingerprint density at radius 2 is 2.00 bits per heavy atom. The molecule has 1 atom stereocenters. The number of hydrogen-bond acceptors (Lipinski definition) is 4. The molecule has 1 unspecified atom stereocenters. The van der Waals surface area contributed by atoms with E-state index in [2.05, 4.69) is 4.72 Å². The largest absolute Gasteiger partial charge is 0.392 e. The molecule has 6 heteroatoms.